The minimum atomic E-state index is -0.445. The highest BCUT2D eigenvalue weighted by Gasteiger charge is 2.32. The summed E-state index contributed by atoms with van der Waals surface area (Å²) in [4.78, 5) is 0. The van der Waals surface area contributed by atoms with E-state index < -0.39 is 19.0 Å². The van der Waals surface area contributed by atoms with Crippen molar-refractivity contribution in [1.29, 1.82) is 0 Å². The van der Waals surface area contributed by atoms with E-state index in [9.17, 15) is 0 Å². The molecule has 0 aliphatic heterocycles. The summed E-state index contributed by atoms with van der Waals surface area (Å²) in [5.74, 6) is 2.18. The van der Waals surface area contributed by atoms with E-state index in [1.807, 2.05) is 31.4 Å². The quantitative estimate of drug-likeness (QED) is 0.0313. The Kier molecular flexibility index (Phi) is 30.4. The zero-order chi connectivity index (χ0) is 28.9. The summed E-state index contributed by atoms with van der Waals surface area (Å²) in [6.45, 7) is 16.9. The number of rotatable bonds is 32. The van der Waals surface area contributed by atoms with E-state index in [4.69, 9.17) is 18.9 Å². The van der Waals surface area contributed by atoms with Crippen LogP contribution in [0.25, 0.3) is 0 Å². The van der Waals surface area contributed by atoms with E-state index in [0.29, 0.717) is 0 Å². The first kappa shape index (κ1) is 40.3. The van der Waals surface area contributed by atoms with Gasteiger partial charge in [-0.2, -0.15) is 0 Å². The molecule has 4 nitrogen and oxygen atoms in total. The van der Waals surface area contributed by atoms with Crippen molar-refractivity contribution >= 4 is 50.5 Å². The first-order chi connectivity index (χ1) is 19.1. The lowest BCUT2D eigenvalue weighted by atomic mass is 10.3. The van der Waals surface area contributed by atoms with Gasteiger partial charge in [0.25, 0.3) is 0 Å². The molecule has 0 aromatic rings. The summed E-state index contributed by atoms with van der Waals surface area (Å²) in [7, 11) is 5.03. The molecule has 0 heterocycles. The Balaban J connectivity index is 4.88. The van der Waals surface area contributed by atoms with Crippen molar-refractivity contribution in [3.05, 3.63) is 0 Å². The number of ether oxygens (including phenoxy) is 4. The Hall–Kier alpha value is 1.32. The maximum absolute atomic E-state index is 6.56. The fraction of sp³-hybridized carbons (Fsp3) is 1.00. The van der Waals surface area contributed by atoms with Gasteiger partial charge < -0.3 is 18.9 Å². The smallest absolute Gasteiger partial charge is 0.145 e. The highest BCUT2D eigenvalue weighted by atomic mass is 33.5. The van der Waals surface area contributed by atoms with Gasteiger partial charge in [0.1, 0.15) is 10.8 Å². The van der Waals surface area contributed by atoms with E-state index in [-0.39, 0.29) is 10.8 Å². The average molecular weight is 643 g/mol. The normalized spacial score (nSPS) is 13.1. The molecule has 0 aliphatic carbocycles. The van der Waals surface area contributed by atoms with Crippen LogP contribution in [-0.4, -0.2) is 67.8 Å². The Bertz CT molecular complexity index is 412. The highest BCUT2D eigenvalue weighted by molar-refractivity contribution is 9.09. The van der Waals surface area contributed by atoms with Crippen LogP contribution in [0.2, 0.25) is 12.1 Å². The van der Waals surface area contributed by atoms with Crippen molar-refractivity contribution in [1.82, 2.24) is 0 Å². The maximum atomic E-state index is 6.56. The molecule has 0 N–H and O–H groups in total. The van der Waals surface area contributed by atoms with Crippen molar-refractivity contribution in [2.24, 2.45) is 0 Å². The molecular weight excluding hydrogens is 577 g/mol. The summed E-state index contributed by atoms with van der Waals surface area (Å²) in [6, 6.07) is 2.64. The van der Waals surface area contributed by atoms with Gasteiger partial charge in [0.2, 0.25) is 0 Å². The third kappa shape index (κ3) is 22.5. The molecule has 39 heavy (non-hydrogen) atoms. The van der Waals surface area contributed by atoms with Crippen molar-refractivity contribution in [2.75, 3.05) is 37.9 Å². The lowest BCUT2D eigenvalue weighted by Crippen LogP contribution is -2.43. The molecule has 0 bridgehead atoms. The molecule has 0 aromatic heterocycles. The van der Waals surface area contributed by atoms with Crippen molar-refractivity contribution in [2.45, 2.75) is 154 Å². The van der Waals surface area contributed by atoms with Crippen LogP contribution in [0.3, 0.4) is 0 Å². The van der Waals surface area contributed by atoms with Crippen molar-refractivity contribution in [3.63, 3.8) is 0 Å². The van der Waals surface area contributed by atoms with Gasteiger partial charge in [0.15, 0.2) is 0 Å². The predicted octanol–water partition coefficient (Wildman–Crippen LogP) is 9.15. The van der Waals surface area contributed by atoms with Gasteiger partial charge in [-0.3, -0.25) is 0 Å². The zero-order valence-electron chi connectivity index (χ0n) is 26.8. The standard InChI is InChI=1S/C30H66O4S3Si2/c1-7-13-21-31-29(32-22-14-8-2,38-27-17-11-5)19-25-35-37-36-26-20-30(33-23-15-9-3,34-24-16-10-4)39-28-18-12-6/h7-28,38-39H2,1-6H3. The van der Waals surface area contributed by atoms with E-state index in [1.165, 1.54) is 63.5 Å². The van der Waals surface area contributed by atoms with E-state index in [2.05, 4.69) is 41.5 Å². The Morgan fingerprint density at radius 1 is 0.462 bits per heavy atom. The molecule has 9 heteroatoms. The molecule has 0 saturated heterocycles. The largest absolute Gasteiger partial charge is 0.354 e. The van der Waals surface area contributed by atoms with Crippen LogP contribution in [-0.2, 0) is 18.9 Å². The Morgan fingerprint density at radius 2 is 0.769 bits per heavy atom. The summed E-state index contributed by atoms with van der Waals surface area (Å²) >= 11 is 0. The molecule has 0 rings (SSSR count). The van der Waals surface area contributed by atoms with Gasteiger partial charge in [-0.05, 0) is 35.5 Å². The first-order valence-electron chi connectivity index (χ1n) is 16.5. The Labute approximate surface area is 260 Å². The fourth-order valence-corrected chi connectivity index (χ4v) is 13.3. The molecule has 0 radical (unpaired) electrons. The van der Waals surface area contributed by atoms with Crippen LogP contribution < -0.4 is 0 Å². The van der Waals surface area contributed by atoms with Crippen LogP contribution in [0.1, 0.15) is 131 Å². The average Bonchev–Trinajstić information content (AvgIpc) is 2.93. The molecule has 0 fully saturated rings. The van der Waals surface area contributed by atoms with E-state index >= 15 is 0 Å². The zero-order valence-corrected chi connectivity index (χ0v) is 32.1. The molecule has 0 atom stereocenters. The van der Waals surface area contributed by atoms with Gasteiger partial charge in [0.05, 0.1) is 19.0 Å². The highest BCUT2D eigenvalue weighted by Crippen LogP contribution is 2.38. The molecular formula is C30H66O4S3Si2. The summed E-state index contributed by atoms with van der Waals surface area (Å²) in [5, 5.41) is 0. The van der Waals surface area contributed by atoms with Crippen LogP contribution in [0.5, 0.6) is 0 Å². The lowest BCUT2D eigenvalue weighted by molar-refractivity contribution is -0.183. The second kappa shape index (κ2) is 29.4. The van der Waals surface area contributed by atoms with Crippen molar-refractivity contribution in [3.8, 4) is 0 Å². The van der Waals surface area contributed by atoms with Gasteiger partial charge in [-0.25, -0.2) is 0 Å². The van der Waals surface area contributed by atoms with Crippen LogP contribution in [0.15, 0.2) is 0 Å². The third-order valence-electron chi connectivity index (χ3n) is 7.00. The molecule has 236 valence electrons. The monoisotopic (exact) mass is 642 g/mol. The lowest BCUT2D eigenvalue weighted by Gasteiger charge is -2.35. The summed E-state index contributed by atoms with van der Waals surface area (Å²) < 4.78 is 26.2. The molecule has 0 amide bonds. The maximum Gasteiger partial charge on any atom is 0.145 e. The molecule has 0 spiro atoms. The fourth-order valence-electron chi connectivity index (χ4n) is 4.31. The number of hydrogen-bond donors (Lipinski definition) is 0. The summed E-state index contributed by atoms with van der Waals surface area (Å²) in [5.41, 5.74) is -0.532. The molecule has 0 aromatic carbocycles. The summed E-state index contributed by atoms with van der Waals surface area (Å²) in [6.07, 6.45) is 16.4. The topological polar surface area (TPSA) is 36.9 Å². The minimum Gasteiger partial charge on any atom is -0.354 e. The van der Waals surface area contributed by atoms with Crippen LogP contribution in [0, 0.1) is 0 Å². The van der Waals surface area contributed by atoms with Gasteiger partial charge in [0, 0.05) is 50.8 Å². The first-order valence-corrected chi connectivity index (χ1v) is 23.8. The minimum absolute atomic E-state index is 0.266. The number of hydrogen-bond acceptors (Lipinski definition) is 7. The second-order valence-electron chi connectivity index (χ2n) is 10.8. The van der Waals surface area contributed by atoms with E-state index in [0.717, 1.165) is 76.5 Å². The molecule has 0 aliphatic rings. The van der Waals surface area contributed by atoms with Gasteiger partial charge in [-0.1, -0.05) is 127 Å². The third-order valence-corrected chi connectivity index (χ3v) is 16.0. The van der Waals surface area contributed by atoms with Crippen LogP contribution >= 0.6 is 31.4 Å². The predicted molar refractivity (Wildman–Crippen MR) is 187 cm³/mol. The van der Waals surface area contributed by atoms with E-state index in [1.54, 1.807) is 0 Å². The van der Waals surface area contributed by atoms with Crippen molar-refractivity contribution < 1.29 is 18.9 Å². The van der Waals surface area contributed by atoms with Gasteiger partial charge in [-0.15, -0.1) is 0 Å². The Morgan fingerprint density at radius 3 is 1.05 bits per heavy atom. The number of unbranched alkanes of at least 4 members (excludes halogenated alkanes) is 6. The van der Waals surface area contributed by atoms with Crippen LogP contribution in [0.4, 0.5) is 0 Å². The van der Waals surface area contributed by atoms with Gasteiger partial charge >= 0.3 is 0 Å². The SMILES string of the molecule is CCCCOC(CCSSSCCC(OCCCC)(OCCCC)[SiH2]CCCC)(OCCCC)[SiH2]CCCC. The second-order valence-corrected chi connectivity index (χ2v) is 19.8. The molecule has 0 saturated carbocycles. The molecule has 0 unspecified atom stereocenters.